The first-order valence-electron chi connectivity index (χ1n) is 1.93. The second kappa shape index (κ2) is 1.20. The fourth-order valence-electron chi connectivity index (χ4n) is 0.502. The lowest BCUT2D eigenvalue weighted by molar-refractivity contribution is 0.544. The third kappa shape index (κ3) is 0.920. The molecule has 1 rings (SSSR count). The highest BCUT2D eigenvalue weighted by atomic mass is 32.2. The van der Waals surface area contributed by atoms with E-state index in [9.17, 15) is 8.42 Å². The van der Waals surface area contributed by atoms with Gasteiger partial charge < -0.3 is 0 Å². The molecule has 4 heteroatoms. The van der Waals surface area contributed by atoms with Gasteiger partial charge in [-0.05, 0) is 6.92 Å². The number of hydrogen-bond acceptors (Lipinski definition) is 2. The van der Waals surface area contributed by atoms with Crippen molar-refractivity contribution < 1.29 is 8.42 Å². The number of sulfonamides is 1. The molecular weight excluding hydrogens is 114 g/mol. The van der Waals surface area contributed by atoms with Gasteiger partial charge in [-0.3, -0.25) is 0 Å². The zero-order chi connectivity index (χ0) is 5.49. The van der Waals surface area contributed by atoms with E-state index in [0.717, 1.165) is 0 Å². The van der Waals surface area contributed by atoms with Gasteiger partial charge >= 0.3 is 0 Å². The summed E-state index contributed by atoms with van der Waals surface area (Å²) in [5.74, 6) is 0.188. The lowest BCUT2D eigenvalue weighted by atomic mass is 10.4. The number of nitrogens with one attached hydrogen (secondary N) is 1. The van der Waals surface area contributed by atoms with Crippen LogP contribution in [0.4, 0.5) is 0 Å². The Morgan fingerprint density at radius 1 is 1.71 bits per heavy atom. The van der Waals surface area contributed by atoms with Gasteiger partial charge in [0, 0.05) is 6.04 Å². The molecule has 1 radical (unpaired) electrons. The fourth-order valence-corrected chi connectivity index (χ4v) is 1.50. The Morgan fingerprint density at radius 2 is 2.14 bits per heavy atom. The van der Waals surface area contributed by atoms with Crippen molar-refractivity contribution >= 4 is 10.0 Å². The summed E-state index contributed by atoms with van der Waals surface area (Å²) in [6.45, 7) is 3.45. The maximum atomic E-state index is 10.1. The van der Waals surface area contributed by atoms with Crippen LogP contribution in [0.5, 0.6) is 0 Å². The zero-order valence-electron chi connectivity index (χ0n) is 3.72. The van der Waals surface area contributed by atoms with Gasteiger partial charge in [0.05, 0.1) is 5.75 Å². The van der Waals surface area contributed by atoms with E-state index < -0.39 is 10.0 Å². The van der Waals surface area contributed by atoms with Gasteiger partial charge in [0.2, 0.25) is 10.0 Å². The Hall–Kier alpha value is -0.0900. The van der Waals surface area contributed by atoms with Crippen LogP contribution in [0, 0.1) is 6.92 Å². The number of rotatable bonds is 0. The van der Waals surface area contributed by atoms with Crippen LogP contribution in [0.3, 0.4) is 0 Å². The SMILES string of the molecule is [CH2]C1CS(=O)(=O)N1. The average molecular weight is 120 g/mol. The van der Waals surface area contributed by atoms with Crippen LogP contribution in [0.1, 0.15) is 0 Å². The first kappa shape index (κ1) is 5.05. The van der Waals surface area contributed by atoms with Crippen molar-refractivity contribution in [3.8, 4) is 0 Å². The molecule has 1 N–H and O–H groups in total. The second-order valence-electron chi connectivity index (χ2n) is 1.60. The highest BCUT2D eigenvalue weighted by Gasteiger charge is 2.27. The summed E-state index contributed by atoms with van der Waals surface area (Å²) in [4.78, 5) is 0. The topological polar surface area (TPSA) is 46.2 Å². The minimum Gasteiger partial charge on any atom is -0.212 e. The summed E-state index contributed by atoms with van der Waals surface area (Å²) in [5.41, 5.74) is 0. The van der Waals surface area contributed by atoms with Gasteiger partial charge in [0.25, 0.3) is 0 Å². The third-order valence-electron chi connectivity index (χ3n) is 0.767. The molecule has 0 aromatic carbocycles. The van der Waals surface area contributed by atoms with Crippen LogP contribution in [0.2, 0.25) is 0 Å². The van der Waals surface area contributed by atoms with Crippen LogP contribution in [0.15, 0.2) is 0 Å². The van der Waals surface area contributed by atoms with E-state index in [1.807, 2.05) is 0 Å². The minimum absolute atomic E-state index is 0.0787. The van der Waals surface area contributed by atoms with Crippen molar-refractivity contribution in [1.29, 1.82) is 0 Å². The van der Waals surface area contributed by atoms with Crippen LogP contribution < -0.4 is 4.72 Å². The molecule has 0 amide bonds. The summed E-state index contributed by atoms with van der Waals surface area (Å²) in [6.07, 6.45) is 0. The number of hydrogen-bond donors (Lipinski definition) is 1. The van der Waals surface area contributed by atoms with Crippen molar-refractivity contribution in [3.05, 3.63) is 6.92 Å². The van der Waals surface area contributed by atoms with E-state index >= 15 is 0 Å². The van der Waals surface area contributed by atoms with Crippen LogP contribution >= 0.6 is 0 Å². The molecule has 1 aliphatic rings. The van der Waals surface area contributed by atoms with Gasteiger partial charge in [-0.1, -0.05) is 0 Å². The average Bonchev–Trinajstić information content (AvgIpc) is 1.27. The Morgan fingerprint density at radius 3 is 2.14 bits per heavy atom. The molecule has 3 nitrogen and oxygen atoms in total. The van der Waals surface area contributed by atoms with Gasteiger partial charge in [-0.15, -0.1) is 0 Å². The van der Waals surface area contributed by atoms with Gasteiger partial charge in [0.15, 0.2) is 0 Å². The van der Waals surface area contributed by atoms with Crippen molar-refractivity contribution in [2.24, 2.45) is 0 Å². The molecular formula is C3H6NO2S. The Kier molecular flexibility index (Phi) is 0.864. The largest absolute Gasteiger partial charge is 0.213 e. The molecule has 41 valence electrons. The fraction of sp³-hybridized carbons (Fsp3) is 0.667. The molecule has 0 aromatic heterocycles. The predicted octanol–water partition coefficient (Wildman–Crippen LogP) is -0.878. The Bertz CT molecular complexity index is 148. The van der Waals surface area contributed by atoms with Crippen molar-refractivity contribution in [3.63, 3.8) is 0 Å². The summed E-state index contributed by atoms with van der Waals surface area (Å²) in [7, 11) is -2.84. The molecule has 0 spiro atoms. The molecule has 1 fully saturated rings. The maximum Gasteiger partial charge on any atom is 0.213 e. The summed E-state index contributed by atoms with van der Waals surface area (Å²) in [5, 5.41) is 0. The smallest absolute Gasteiger partial charge is 0.212 e. The first-order chi connectivity index (χ1) is 3.10. The van der Waals surface area contributed by atoms with Gasteiger partial charge in [-0.25, -0.2) is 13.1 Å². The van der Waals surface area contributed by atoms with Crippen molar-refractivity contribution in [1.82, 2.24) is 4.72 Å². The van der Waals surface area contributed by atoms with Crippen LogP contribution in [-0.2, 0) is 10.0 Å². The van der Waals surface area contributed by atoms with Crippen molar-refractivity contribution in [2.45, 2.75) is 6.04 Å². The molecule has 1 unspecified atom stereocenters. The van der Waals surface area contributed by atoms with E-state index in [4.69, 9.17) is 0 Å². The highest BCUT2D eigenvalue weighted by Crippen LogP contribution is 2.01. The quantitative estimate of drug-likeness (QED) is 0.451. The summed E-state index contributed by atoms with van der Waals surface area (Å²) >= 11 is 0. The molecule has 0 bridgehead atoms. The van der Waals surface area contributed by atoms with Crippen LogP contribution in [-0.4, -0.2) is 20.2 Å². The maximum absolute atomic E-state index is 10.1. The molecule has 1 aliphatic heterocycles. The monoisotopic (exact) mass is 120 g/mol. The molecule has 1 heterocycles. The Balaban J connectivity index is 2.61. The summed E-state index contributed by atoms with van der Waals surface area (Å²) < 4.78 is 22.5. The zero-order valence-corrected chi connectivity index (χ0v) is 4.53. The van der Waals surface area contributed by atoms with E-state index in [0.29, 0.717) is 0 Å². The summed E-state index contributed by atoms with van der Waals surface area (Å²) in [6, 6.07) is -0.0787. The Labute approximate surface area is 42.8 Å². The second-order valence-corrected chi connectivity index (χ2v) is 3.39. The van der Waals surface area contributed by atoms with E-state index in [-0.39, 0.29) is 11.8 Å². The highest BCUT2D eigenvalue weighted by molar-refractivity contribution is 7.90. The molecule has 1 saturated heterocycles. The van der Waals surface area contributed by atoms with Crippen LogP contribution in [0.25, 0.3) is 0 Å². The molecule has 0 aromatic rings. The first-order valence-corrected chi connectivity index (χ1v) is 3.58. The molecule has 0 saturated carbocycles. The molecule has 0 aliphatic carbocycles. The van der Waals surface area contributed by atoms with E-state index in [2.05, 4.69) is 11.6 Å². The van der Waals surface area contributed by atoms with Gasteiger partial charge in [-0.2, -0.15) is 0 Å². The normalized spacial score (nSPS) is 37.0. The predicted molar refractivity (Wildman–Crippen MR) is 26.1 cm³/mol. The minimum atomic E-state index is -2.84. The molecule has 1 atom stereocenters. The third-order valence-corrected chi connectivity index (χ3v) is 2.30. The lowest BCUT2D eigenvalue weighted by Gasteiger charge is -2.22. The van der Waals surface area contributed by atoms with E-state index in [1.165, 1.54) is 0 Å². The van der Waals surface area contributed by atoms with Crippen molar-refractivity contribution in [2.75, 3.05) is 5.75 Å². The lowest BCUT2D eigenvalue weighted by Crippen LogP contribution is -2.51. The van der Waals surface area contributed by atoms with Gasteiger partial charge in [0.1, 0.15) is 0 Å². The molecule has 7 heavy (non-hydrogen) atoms. The standard InChI is InChI=1S/C3H6NO2S/c1-3-2-7(5,6)4-3/h3-4H,1-2H2. The van der Waals surface area contributed by atoms with E-state index in [1.54, 1.807) is 0 Å².